The summed E-state index contributed by atoms with van der Waals surface area (Å²) in [7, 11) is -2.99. The first-order chi connectivity index (χ1) is 12.9. The molecule has 1 heterocycles. The van der Waals surface area contributed by atoms with E-state index >= 15 is 0 Å². The standard InChI is InChI=1S/C18H27ClN4O3S/c1-2-20-18(21-9-6-14-4-3-5-15(19)12-14)22-10-7-17(24)23-16-8-11-27(25,26)13-16/h3-5,12,16H,2,6-11,13H2,1H3,(H,23,24)(H2,20,21,22). The Bertz CT molecular complexity index is 768. The van der Waals surface area contributed by atoms with E-state index < -0.39 is 9.84 Å². The lowest BCUT2D eigenvalue weighted by atomic mass is 10.1. The molecule has 0 bridgehead atoms. The zero-order chi connectivity index (χ0) is 19.7. The van der Waals surface area contributed by atoms with Gasteiger partial charge in [-0.05, 0) is 37.5 Å². The molecule has 3 N–H and O–H groups in total. The molecule has 1 saturated heterocycles. The van der Waals surface area contributed by atoms with Crippen molar-refractivity contribution >= 4 is 33.3 Å². The van der Waals surface area contributed by atoms with E-state index in [0.29, 0.717) is 30.5 Å². The number of nitrogens with one attached hydrogen (secondary N) is 3. The predicted octanol–water partition coefficient (Wildman–Crippen LogP) is 1.13. The number of hydrogen-bond acceptors (Lipinski definition) is 4. The highest BCUT2D eigenvalue weighted by molar-refractivity contribution is 7.91. The minimum absolute atomic E-state index is 0.0374. The molecule has 150 valence electrons. The predicted molar refractivity (Wildman–Crippen MR) is 109 cm³/mol. The molecule has 9 heteroatoms. The molecule has 7 nitrogen and oxygen atoms in total. The highest BCUT2D eigenvalue weighted by atomic mass is 35.5. The van der Waals surface area contributed by atoms with Crippen LogP contribution in [-0.4, -0.2) is 57.5 Å². The Morgan fingerprint density at radius 1 is 1.33 bits per heavy atom. The zero-order valence-electron chi connectivity index (χ0n) is 15.5. The van der Waals surface area contributed by atoms with Crippen LogP contribution in [-0.2, 0) is 21.1 Å². The number of carbonyl (C=O) groups excluding carboxylic acids is 1. The van der Waals surface area contributed by atoms with E-state index in [4.69, 9.17) is 11.6 Å². The molecule has 1 aromatic carbocycles. The summed E-state index contributed by atoms with van der Waals surface area (Å²) in [6, 6.07) is 7.45. The number of carbonyl (C=O) groups is 1. The minimum atomic E-state index is -2.99. The summed E-state index contributed by atoms with van der Waals surface area (Å²) in [5, 5.41) is 9.86. The maximum Gasteiger partial charge on any atom is 0.222 e. The van der Waals surface area contributed by atoms with E-state index in [9.17, 15) is 13.2 Å². The van der Waals surface area contributed by atoms with E-state index in [2.05, 4.69) is 20.9 Å². The number of rotatable bonds is 8. The molecule has 0 aliphatic carbocycles. The molecule has 1 aliphatic rings. The van der Waals surface area contributed by atoms with Gasteiger partial charge in [-0.1, -0.05) is 23.7 Å². The average Bonchev–Trinajstić information content (AvgIpc) is 2.93. The van der Waals surface area contributed by atoms with Gasteiger partial charge in [0.25, 0.3) is 0 Å². The van der Waals surface area contributed by atoms with Crippen LogP contribution >= 0.6 is 11.6 Å². The van der Waals surface area contributed by atoms with Gasteiger partial charge in [0, 0.05) is 30.6 Å². The van der Waals surface area contributed by atoms with Gasteiger partial charge in [0.05, 0.1) is 18.1 Å². The van der Waals surface area contributed by atoms with Gasteiger partial charge in [0.15, 0.2) is 15.8 Å². The Morgan fingerprint density at radius 3 is 2.81 bits per heavy atom. The summed E-state index contributed by atoms with van der Waals surface area (Å²) in [6.07, 6.45) is 1.52. The zero-order valence-corrected chi connectivity index (χ0v) is 17.1. The molecule has 1 aliphatic heterocycles. The summed E-state index contributed by atoms with van der Waals surface area (Å²) >= 11 is 5.98. The number of amides is 1. The Labute approximate surface area is 165 Å². The monoisotopic (exact) mass is 414 g/mol. The number of halogens is 1. The van der Waals surface area contributed by atoms with Crippen molar-refractivity contribution in [1.82, 2.24) is 16.0 Å². The Morgan fingerprint density at radius 2 is 2.15 bits per heavy atom. The van der Waals surface area contributed by atoms with Crippen molar-refractivity contribution in [1.29, 1.82) is 0 Å². The quantitative estimate of drug-likeness (QED) is 0.437. The van der Waals surface area contributed by atoms with Gasteiger partial charge in [-0.15, -0.1) is 0 Å². The van der Waals surface area contributed by atoms with Crippen molar-refractivity contribution in [2.75, 3.05) is 31.1 Å². The van der Waals surface area contributed by atoms with E-state index in [1.54, 1.807) is 0 Å². The molecule has 1 aromatic rings. The van der Waals surface area contributed by atoms with Crippen molar-refractivity contribution in [3.8, 4) is 0 Å². The fourth-order valence-corrected chi connectivity index (χ4v) is 4.72. The van der Waals surface area contributed by atoms with Crippen LogP contribution < -0.4 is 16.0 Å². The van der Waals surface area contributed by atoms with Gasteiger partial charge >= 0.3 is 0 Å². The van der Waals surface area contributed by atoms with Gasteiger partial charge < -0.3 is 16.0 Å². The highest BCUT2D eigenvalue weighted by Crippen LogP contribution is 2.11. The molecule has 0 saturated carbocycles. The van der Waals surface area contributed by atoms with Gasteiger partial charge in [0.2, 0.25) is 5.91 Å². The first-order valence-corrected chi connectivity index (χ1v) is 11.3. The van der Waals surface area contributed by atoms with Crippen LogP contribution in [0.15, 0.2) is 29.3 Å². The number of hydrogen-bond donors (Lipinski definition) is 3. The van der Waals surface area contributed by atoms with Crippen LogP contribution in [0.2, 0.25) is 5.02 Å². The van der Waals surface area contributed by atoms with Crippen molar-refractivity contribution in [2.45, 2.75) is 32.2 Å². The van der Waals surface area contributed by atoms with E-state index in [-0.39, 0.29) is 29.9 Å². The van der Waals surface area contributed by atoms with Crippen LogP contribution in [0.3, 0.4) is 0 Å². The third kappa shape index (κ3) is 8.17. The Balaban J connectivity index is 1.73. The lowest BCUT2D eigenvalue weighted by molar-refractivity contribution is -0.121. The van der Waals surface area contributed by atoms with Crippen LogP contribution in [0, 0.1) is 0 Å². The summed E-state index contributed by atoms with van der Waals surface area (Å²) in [5.74, 6) is 0.666. The lowest BCUT2D eigenvalue weighted by Crippen LogP contribution is -2.39. The fourth-order valence-electron chi connectivity index (χ4n) is 2.84. The minimum Gasteiger partial charge on any atom is -0.357 e. The molecule has 0 radical (unpaired) electrons. The average molecular weight is 415 g/mol. The van der Waals surface area contributed by atoms with Crippen LogP contribution in [0.25, 0.3) is 0 Å². The fraction of sp³-hybridized carbons (Fsp3) is 0.556. The number of benzene rings is 1. The van der Waals surface area contributed by atoms with Crippen molar-refractivity contribution in [2.24, 2.45) is 4.99 Å². The van der Waals surface area contributed by atoms with E-state index in [1.165, 1.54) is 0 Å². The van der Waals surface area contributed by atoms with Crippen LogP contribution in [0.5, 0.6) is 0 Å². The number of guanidine groups is 1. The molecule has 0 spiro atoms. The lowest BCUT2D eigenvalue weighted by Gasteiger charge is -2.12. The molecule has 1 unspecified atom stereocenters. The summed E-state index contributed by atoms with van der Waals surface area (Å²) in [5.41, 5.74) is 1.14. The Kier molecular flexibility index (Phi) is 8.37. The maximum absolute atomic E-state index is 12.0. The number of aliphatic imine (C=N–C) groups is 1. The van der Waals surface area contributed by atoms with E-state index in [1.807, 2.05) is 31.2 Å². The molecule has 1 atom stereocenters. The number of nitrogens with zero attached hydrogens (tertiary/aromatic N) is 1. The third-order valence-corrected chi connectivity index (χ3v) is 6.15. The second-order valence-electron chi connectivity index (χ2n) is 6.48. The van der Waals surface area contributed by atoms with Crippen LogP contribution in [0.1, 0.15) is 25.3 Å². The second-order valence-corrected chi connectivity index (χ2v) is 9.15. The molecular weight excluding hydrogens is 388 g/mol. The molecule has 1 fully saturated rings. The first-order valence-electron chi connectivity index (χ1n) is 9.14. The molecular formula is C18H27ClN4O3S. The van der Waals surface area contributed by atoms with Crippen molar-refractivity contribution in [3.05, 3.63) is 34.9 Å². The second kappa shape index (κ2) is 10.5. The van der Waals surface area contributed by atoms with E-state index in [0.717, 1.165) is 18.5 Å². The summed E-state index contributed by atoms with van der Waals surface area (Å²) in [4.78, 5) is 16.3. The van der Waals surface area contributed by atoms with Gasteiger partial charge in [0.1, 0.15) is 0 Å². The highest BCUT2D eigenvalue weighted by Gasteiger charge is 2.28. The molecule has 27 heavy (non-hydrogen) atoms. The summed E-state index contributed by atoms with van der Waals surface area (Å²) < 4.78 is 22.8. The first kappa shape index (κ1) is 21.5. The molecule has 1 amide bonds. The van der Waals surface area contributed by atoms with Crippen molar-refractivity contribution in [3.63, 3.8) is 0 Å². The van der Waals surface area contributed by atoms with Gasteiger partial charge in [-0.3, -0.25) is 9.79 Å². The molecule has 2 rings (SSSR count). The smallest absolute Gasteiger partial charge is 0.222 e. The van der Waals surface area contributed by atoms with Gasteiger partial charge in [-0.25, -0.2) is 8.42 Å². The topological polar surface area (TPSA) is 99.7 Å². The van der Waals surface area contributed by atoms with Crippen molar-refractivity contribution < 1.29 is 13.2 Å². The Hall–Kier alpha value is -1.80. The maximum atomic E-state index is 12.0. The molecule has 0 aromatic heterocycles. The van der Waals surface area contributed by atoms with Gasteiger partial charge in [-0.2, -0.15) is 0 Å². The third-order valence-electron chi connectivity index (χ3n) is 4.15. The number of sulfone groups is 1. The van der Waals surface area contributed by atoms with Crippen LogP contribution in [0.4, 0.5) is 0 Å². The summed E-state index contributed by atoms with van der Waals surface area (Å²) in [6.45, 7) is 3.71. The SMILES string of the molecule is CCNC(=NCCC(=O)NC1CCS(=O)(=O)C1)NCCc1cccc(Cl)c1. The normalized spacial score (nSPS) is 18.9. The largest absolute Gasteiger partial charge is 0.357 e.